The summed E-state index contributed by atoms with van der Waals surface area (Å²) >= 11 is 3.43. The molecule has 106 valence electrons. The first-order chi connectivity index (χ1) is 9.70. The first kappa shape index (κ1) is 13.7. The normalized spacial score (nSPS) is 20.2. The molecule has 20 heavy (non-hydrogen) atoms. The van der Waals surface area contributed by atoms with Crippen LogP contribution in [0.1, 0.15) is 18.7 Å². The van der Waals surface area contributed by atoms with Gasteiger partial charge in [0.15, 0.2) is 0 Å². The highest BCUT2D eigenvalue weighted by atomic mass is 79.9. The van der Waals surface area contributed by atoms with E-state index in [1.165, 1.54) is 0 Å². The fraction of sp³-hybridized carbons (Fsp3) is 0.429. The van der Waals surface area contributed by atoms with E-state index in [4.69, 9.17) is 4.52 Å². The van der Waals surface area contributed by atoms with E-state index in [9.17, 15) is 5.11 Å². The number of nitrogens with zero attached hydrogens (tertiary/aromatic N) is 3. The van der Waals surface area contributed by atoms with Crippen LogP contribution in [0.2, 0.25) is 0 Å². The average Bonchev–Trinajstić information content (AvgIpc) is 2.87. The Morgan fingerprint density at radius 3 is 3.15 bits per heavy atom. The van der Waals surface area contributed by atoms with Crippen LogP contribution in [0, 0.1) is 0 Å². The molecule has 0 saturated carbocycles. The number of aliphatic hydroxyl groups excluding tert-OH is 1. The minimum absolute atomic E-state index is 0.240. The van der Waals surface area contributed by atoms with E-state index in [2.05, 4.69) is 31.0 Å². The summed E-state index contributed by atoms with van der Waals surface area (Å²) in [4.78, 5) is 6.56. The van der Waals surface area contributed by atoms with Gasteiger partial charge in [0.1, 0.15) is 0 Å². The predicted molar refractivity (Wildman–Crippen MR) is 78.0 cm³/mol. The molecule has 1 saturated heterocycles. The van der Waals surface area contributed by atoms with E-state index in [1.807, 2.05) is 24.3 Å². The highest BCUT2D eigenvalue weighted by Gasteiger charge is 2.20. The summed E-state index contributed by atoms with van der Waals surface area (Å²) in [5.74, 6) is 1.19. The van der Waals surface area contributed by atoms with Gasteiger partial charge in [0.05, 0.1) is 12.6 Å². The van der Waals surface area contributed by atoms with Gasteiger partial charge in [-0.25, -0.2) is 0 Å². The molecule has 0 bridgehead atoms. The molecule has 1 N–H and O–H groups in total. The summed E-state index contributed by atoms with van der Waals surface area (Å²) in [5, 5.41) is 13.7. The van der Waals surface area contributed by atoms with Crippen LogP contribution < -0.4 is 0 Å². The van der Waals surface area contributed by atoms with Gasteiger partial charge in [0.2, 0.25) is 11.7 Å². The zero-order chi connectivity index (χ0) is 13.9. The second kappa shape index (κ2) is 6.03. The topological polar surface area (TPSA) is 62.4 Å². The molecule has 0 aliphatic carbocycles. The summed E-state index contributed by atoms with van der Waals surface area (Å²) in [6, 6.07) is 7.80. The summed E-state index contributed by atoms with van der Waals surface area (Å²) < 4.78 is 6.28. The fourth-order valence-electron chi connectivity index (χ4n) is 2.43. The Kier molecular flexibility index (Phi) is 4.14. The first-order valence-corrected chi connectivity index (χ1v) is 7.49. The molecule has 1 aliphatic rings. The number of halogens is 1. The number of aromatic nitrogens is 2. The van der Waals surface area contributed by atoms with Gasteiger partial charge in [-0.15, -0.1) is 0 Å². The van der Waals surface area contributed by atoms with Crippen molar-refractivity contribution in [2.24, 2.45) is 0 Å². The quantitative estimate of drug-likeness (QED) is 0.932. The molecule has 1 unspecified atom stereocenters. The third kappa shape index (κ3) is 3.26. The monoisotopic (exact) mass is 337 g/mol. The first-order valence-electron chi connectivity index (χ1n) is 6.69. The summed E-state index contributed by atoms with van der Waals surface area (Å²) in [5.41, 5.74) is 0.924. The summed E-state index contributed by atoms with van der Waals surface area (Å²) in [6.45, 7) is 2.23. The van der Waals surface area contributed by atoms with Gasteiger partial charge >= 0.3 is 0 Å². The van der Waals surface area contributed by atoms with Crippen molar-refractivity contribution in [2.45, 2.75) is 25.5 Å². The number of piperidine rings is 1. The van der Waals surface area contributed by atoms with E-state index in [-0.39, 0.29) is 6.10 Å². The molecule has 5 nitrogen and oxygen atoms in total. The molecule has 1 fully saturated rings. The molecule has 0 amide bonds. The van der Waals surface area contributed by atoms with Crippen molar-refractivity contribution < 1.29 is 9.63 Å². The molecule has 6 heteroatoms. The van der Waals surface area contributed by atoms with Crippen LogP contribution in [0.4, 0.5) is 0 Å². The number of benzene rings is 1. The zero-order valence-corrected chi connectivity index (χ0v) is 12.6. The van der Waals surface area contributed by atoms with Gasteiger partial charge in [-0.3, -0.25) is 4.90 Å². The van der Waals surface area contributed by atoms with Crippen LogP contribution in [-0.2, 0) is 6.54 Å². The molecule has 2 heterocycles. The standard InChI is InChI=1S/C14H16BrN3O2/c15-11-4-1-3-10(7-11)14-16-13(20-17-14)9-18-6-2-5-12(19)8-18/h1,3-4,7,12,19H,2,5-6,8-9H2. The van der Waals surface area contributed by atoms with Gasteiger partial charge in [0.25, 0.3) is 0 Å². The van der Waals surface area contributed by atoms with Crippen LogP contribution in [-0.4, -0.2) is 39.3 Å². The highest BCUT2D eigenvalue weighted by Crippen LogP contribution is 2.21. The molecule has 2 aromatic rings. The van der Waals surface area contributed by atoms with Crippen LogP contribution >= 0.6 is 15.9 Å². The molecule has 0 spiro atoms. The lowest BCUT2D eigenvalue weighted by Crippen LogP contribution is -2.37. The molecule has 0 radical (unpaired) electrons. The van der Waals surface area contributed by atoms with Crippen molar-refractivity contribution in [1.29, 1.82) is 0 Å². The van der Waals surface area contributed by atoms with Gasteiger partial charge in [-0.1, -0.05) is 33.2 Å². The van der Waals surface area contributed by atoms with Gasteiger partial charge < -0.3 is 9.63 Å². The molecule has 1 aliphatic heterocycles. The van der Waals surface area contributed by atoms with Crippen molar-refractivity contribution in [3.05, 3.63) is 34.6 Å². The summed E-state index contributed by atoms with van der Waals surface area (Å²) in [7, 11) is 0. The second-order valence-electron chi connectivity index (χ2n) is 5.05. The molecule has 1 aromatic carbocycles. The van der Waals surface area contributed by atoms with Crippen LogP contribution in [0.25, 0.3) is 11.4 Å². The van der Waals surface area contributed by atoms with E-state index in [1.54, 1.807) is 0 Å². The Morgan fingerprint density at radius 2 is 2.35 bits per heavy atom. The van der Waals surface area contributed by atoms with E-state index < -0.39 is 0 Å². The lowest BCUT2D eigenvalue weighted by atomic mass is 10.1. The fourth-order valence-corrected chi connectivity index (χ4v) is 2.83. The Bertz CT molecular complexity index is 587. The van der Waals surface area contributed by atoms with Crippen molar-refractivity contribution in [2.75, 3.05) is 13.1 Å². The largest absolute Gasteiger partial charge is 0.392 e. The van der Waals surface area contributed by atoms with Crippen molar-refractivity contribution >= 4 is 15.9 Å². The zero-order valence-electron chi connectivity index (χ0n) is 11.0. The number of likely N-dealkylation sites (tertiary alicyclic amines) is 1. The maximum absolute atomic E-state index is 9.66. The minimum atomic E-state index is -0.240. The second-order valence-corrected chi connectivity index (χ2v) is 5.97. The third-order valence-corrected chi connectivity index (χ3v) is 3.88. The summed E-state index contributed by atoms with van der Waals surface area (Å²) in [6.07, 6.45) is 1.65. The van der Waals surface area contributed by atoms with Gasteiger partial charge in [0, 0.05) is 16.6 Å². The van der Waals surface area contributed by atoms with Crippen LogP contribution in [0.15, 0.2) is 33.3 Å². The highest BCUT2D eigenvalue weighted by molar-refractivity contribution is 9.10. The maximum Gasteiger partial charge on any atom is 0.241 e. The van der Waals surface area contributed by atoms with Crippen molar-refractivity contribution in [3.63, 3.8) is 0 Å². The number of rotatable bonds is 3. The Balaban J connectivity index is 1.70. The minimum Gasteiger partial charge on any atom is -0.392 e. The maximum atomic E-state index is 9.66. The lowest BCUT2D eigenvalue weighted by Gasteiger charge is -2.28. The smallest absolute Gasteiger partial charge is 0.241 e. The number of hydrogen-bond donors (Lipinski definition) is 1. The Labute approximate surface area is 125 Å². The van der Waals surface area contributed by atoms with E-state index in [0.29, 0.717) is 24.8 Å². The number of hydrogen-bond acceptors (Lipinski definition) is 5. The van der Waals surface area contributed by atoms with Crippen molar-refractivity contribution in [3.8, 4) is 11.4 Å². The van der Waals surface area contributed by atoms with Gasteiger partial charge in [-0.05, 0) is 31.5 Å². The third-order valence-electron chi connectivity index (χ3n) is 3.39. The molecule has 1 atom stereocenters. The van der Waals surface area contributed by atoms with E-state index in [0.717, 1.165) is 29.4 Å². The van der Waals surface area contributed by atoms with Crippen molar-refractivity contribution in [1.82, 2.24) is 15.0 Å². The molecule has 3 rings (SSSR count). The molecular weight excluding hydrogens is 322 g/mol. The van der Waals surface area contributed by atoms with Crippen LogP contribution in [0.5, 0.6) is 0 Å². The SMILES string of the molecule is OC1CCCN(Cc2nc(-c3cccc(Br)c3)no2)C1. The molecule has 1 aromatic heterocycles. The van der Waals surface area contributed by atoms with Crippen LogP contribution in [0.3, 0.4) is 0 Å². The van der Waals surface area contributed by atoms with Gasteiger partial charge in [-0.2, -0.15) is 4.98 Å². The Hall–Kier alpha value is -1.24. The Morgan fingerprint density at radius 1 is 1.45 bits per heavy atom. The predicted octanol–water partition coefficient (Wildman–Crippen LogP) is 2.46. The molecular formula is C14H16BrN3O2. The average molecular weight is 338 g/mol. The number of aliphatic hydroxyl groups is 1. The number of β-amino-alcohol motifs (C(OH)–C–C–N with tert-alkyl or cyclic N) is 1. The van der Waals surface area contributed by atoms with E-state index >= 15 is 0 Å². The lowest BCUT2D eigenvalue weighted by molar-refractivity contribution is 0.0613.